The number of aromatic nitrogens is 1. The molecule has 1 rings (SSSR count). The summed E-state index contributed by atoms with van der Waals surface area (Å²) in [7, 11) is 0. The van der Waals surface area contributed by atoms with E-state index in [9.17, 15) is 0 Å². The molecule has 0 bridgehead atoms. The Bertz CT molecular complexity index is 169. The predicted octanol–water partition coefficient (Wildman–Crippen LogP) is -0.00660. The van der Waals surface area contributed by atoms with E-state index in [0.717, 1.165) is 9.50 Å². The molecule has 8 heavy (non-hydrogen) atoms. The first-order chi connectivity index (χ1) is 3.80. The Morgan fingerprint density at radius 2 is 2.38 bits per heavy atom. The maximum atomic E-state index is 5.66. The summed E-state index contributed by atoms with van der Waals surface area (Å²) >= 11 is 7.11. The van der Waals surface area contributed by atoms with Gasteiger partial charge in [0.15, 0.2) is 0 Å². The van der Waals surface area contributed by atoms with E-state index in [2.05, 4.69) is 4.98 Å². The van der Waals surface area contributed by atoms with Crippen LogP contribution in [0, 0.1) is 0 Å². The first-order valence-electron chi connectivity index (χ1n) is 2.16. The molecule has 0 radical (unpaired) electrons. The number of hydrogen-bond acceptors (Lipinski definition) is 1. The minimum absolute atomic E-state index is 0.757. The average Bonchev–Trinajstić information content (AvgIpc) is 1.77. The molecule has 0 saturated heterocycles. The summed E-state index contributed by atoms with van der Waals surface area (Å²) < 4.78 is 0.946. The summed E-state index contributed by atoms with van der Waals surface area (Å²) in [4.78, 5) is 3.97. The van der Waals surface area contributed by atoms with Crippen molar-refractivity contribution in [3.8, 4) is 0 Å². The van der Waals surface area contributed by atoms with E-state index in [0.29, 0.717) is 0 Å². The van der Waals surface area contributed by atoms with Gasteiger partial charge in [-0.05, 0) is 0 Å². The summed E-state index contributed by atoms with van der Waals surface area (Å²) in [5, 5.41) is 0.757. The molecule has 1 aromatic heterocycles. The summed E-state index contributed by atoms with van der Waals surface area (Å²) in [6, 6.07) is 3.66. The third-order valence-electron chi connectivity index (χ3n) is 0.787. The molecule has 0 aliphatic heterocycles. The summed E-state index contributed by atoms with van der Waals surface area (Å²) in [5.74, 6) is 0. The SMILES string of the molecule is Clc1cccnc1[AsH2]. The van der Waals surface area contributed by atoms with Crippen molar-refractivity contribution in [2.45, 2.75) is 0 Å². The molecule has 1 heterocycles. The van der Waals surface area contributed by atoms with Gasteiger partial charge >= 0.3 is 61.3 Å². The normalized spacial score (nSPS) is 9.25. The van der Waals surface area contributed by atoms with Gasteiger partial charge in [-0.15, -0.1) is 0 Å². The average molecular weight is 189 g/mol. The van der Waals surface area contributed by atoms with E-state index in [4.69, 9.17) is 11.6 Å². The van der Waals surface area contributed by atoms with Crippen molar-refractivity contribution >= 4 is 32.9 Å². The van der Waals surface area contributed by atoms with Gasteiger partial charge < -0.3 is 0 Å². The topological polar surface area (TPSA) is 12.9 Å². The summed E-state index contributed by atoms with van der Waals surface area (Å²) in [6.45, 7) is 0. The Kier molecular flexibility index (Phi) is 1.93. The van der Waals surface area contributed by atoms with Crippen LogP contribution in [0.3, 0.4) is 0 Å². The molecular weight excluding hydrogens is 184 g/mol. The van der Waals surface area contributed by atoms with Gasteiger partial charge in [0, 0.05) is 0 Å². The molecule has 3 heteroatoms. The molecule has 0 amide bonds. The van der Waals surface area contributed by atoms with Crippen molar-refractivity contribution in [1.29, 1.82) is 0 Å². The Hall–Kier alpha value is -0.00156. The van der Waals surface area contributed by atoms with Crippen LogP contribution in [0.2, 0.25) is 5.02 Å². The maximum absolute atomic E-state index is 5.66. The quantitative estimate of drug-likeness (QED) is 0.524. The fraction of sp³-hybridized carbons (Fsp3) is 0. The number of pyridine rings is 1. The number of rotatable bonds is 0. The second-order valence-corrected chi connectivity index (χ2v) is 2.93. The Labute approximate surface area is 61.6 Å². The van der Waals surface area contributed by atoms with Crippen LogP contribution in [-0.4, -0.2) is 21.8 Å². The van der Waals surface area contributed by atoms with Gasteiger partial charge in [0.25, 0.3) is 0 Å². The van der Waals surface area contributed by atoms with E-state index in [1.54, 1.807) is 6.20 Å². The molecular formula is C5H5AsClN. The van der Waals surface area contributed by atoms with Gasteiger partial charge in [-0.25, -0.2) is 0 Å². The molecule has 0 fully saturated rings. The van der Waals surface area contributed by atoms with Gasteiger partial charge in [-0.2, -0.15) is 0 Å². The van der Waals surface area contributed by atoms with Crippen LogP contribution in [0.4, 0.5) is 0 Å². The van der Waals surface area contributed by atoms with Crippen molar-refractivity contribution in [1.82, 2.24) is 4.98 Å². The van der Waals surface area contributed by atoms with Crippen LogP contribution in [0.1, 0.15) is 0 Å². The molecule has 0 spiro atoms. The standard InChI is InChI=1S/C5H5AsClN/c6-5-4(7)2-1-3-8-5/h1-3H,6H2. The van der Waals surface area contributed by atoms with Crippen LogP contribution in [0.5, 0.6) is 0 Å². The first kappa shape index (κ1) is 6.12. The van der Waals surface area contributed by atoms with Crippen LogP contribution in [-0.2, 0) is 0 Å². The molecule has 42 valence electrons. The molecule has 1 nitrogen and oxygen atoms in total. The van der Waals surface area contributed by atoms with Crippen molar-refractivity contribution in [3.63, 3.8) is 0 Å². The summed E-state index contributed by atoms with van der Waals surface area (Å²) in [5.41, 5.74) is 0. The van der Waals surface area contributed by atoms with E-state index in [1.807, 2.05) is 12.1 Å². The van der Waals surface area contributed by atoms with Crippen molar-refractivity contribution in [2.24, 2.45) is 0 Å². The van der Waals surface area contributed by atoms with Crippen LogP contribution < -0.4 is 4.48 Å². The number of halogens is 1. The molecule has 1 aromatic rings. The predicted molar refractivity (Wildman–Crippen MR) is 37.4 cm³/mol. The van der Waals surface area contributed by atoms with E-state index >= 15 is 0 Å². The Balaban J connectivity index is 3.13. The fourth-order valence-corrected chi connectivity index (χ4v) is 0.902. The van der Waals surface area contributed by atoms with Crippen molar-refractivity contribution < 1.29 is 0 Å². The third kappa shape index (κ3) is 1.24. The number of hydrogen-bond donors (Lipinski definition) is 0. The zero-order valence-corrected chi connectivity index (χ0v) is 7.31. The minimum atomic E-state index is 0.757. The Morgan fingerprint density at radius 1 is 1.62 bits per heavy atom. The molecule has 1 unspecified atom stereocenters. The molecule has 0 aromatic carbocycles. The zero-order chi connectivity index (χ0) is 5.98. The van der Waals surface area contributed by atoms with Gasteiger partial charge in [0.1, 0.15) is 0 Å². The second-order valence-electron chi connectivity index (χ2n) is 1.37. The summed E-state index contributed by atoms with van der Waals surface area (Å²) in [6.07, 6.45) is 1.74. The van der Waals surface area contributed by atoms with E-state index in [1.165, 1.54) is 16.9 Å². The monoisotopic (exact) mass is 189 g/mol. The van der Waals surface area contributed by atoms with Crippen LogP contribution >= 0.6 is 11.6 Å². The zero-order valence-electron chi connectivity index (χ0n) is 4.13. The Morgan fingerprint density at radius 3 is 2.75 bits per heavy atom. The van der Waals surface area contributed by atoms with Gasteiger partial charge in [-0.3, -0.25) is 0 Å². The van der Waals surface area contributed by atoms with Crippen LogP contribution in [0.15, 0.2) is 18.3 Å². The second kappa shape index (κ2) is 2.52. The molecule has 0 saturated carbocycles. The van der Waals surface area contributed by atoms with Gasteiger partial charge in [-0.1, -0.05) is 0 Å². The molecule has 0 aliphatic carbocycles. The van der Waals surface area contributed by atoms with Gasteiger partial charge in [0.05, 0.1) is 0 Å². The first-order valence-corrected chi connectivity index (χ1v) is 3.75. The van der Waals surface area contributed by atoms with Crippen molar-refractivity contribution in [2.75, 3.05) is 0 Å². The number of nitrogens with zero attached hydrogens (tertiary/aromatic N) is 1. The van der Waals surface area contributed by atoms with E-state index in [-0.39, 0.29) is 0 Å². The van der Waals surface area contributed by atoms with Crippen LogP contribution in [0.25, 0.3) is 0 Å². The molecule has 1 atom stereocenters. The van der Waals surface area contributed by atoms with E-state index < -0.39 is 0 Å². The van der Waals surface area contributed by atoms with Gasteiger partial charge in [0.2, 0.25) is 0 Å². The molecule has 0 aliphatic rings. The third-order valence-corrected chi connectivity index (χ3v) is 2.46. The fourth-order valence-electron chi connectivity index (χ4n) is 0.398. The van der Waals surface area contributed by atoms with Crippen molar-refractivity contribution in [3.05, 3.63) is 23.4 Å². The molecule has 0 N–H and O–H groups in total.